The van der Waals surface area contributed by atoms with Gasteiger partial charge in [-0.3, -0.25) is 4.79 Å². The molecule has 11 heteroatoms. The minimum Gasteiger partial charge on any atom is -0.496 e. The third-order valence-corrected chi connectivity index (χ3v) is 5.52. The Kier molecular flexibility index (Phi) is 6.61. The molecule has 0 unspecified atom stereocenters. The molecule has 0 fully saturated rings. The largest absolute Gasteiger partial charge is 0.496 e. The van der Waals surface area contributed by atoms with Gasteiger partial charge in [0.15, 0.2) is 6.61 Å². The number of nitrogens with two attached hydrogens (primary N) is 1. The van der Waals surface area contributed by atoms with Gasteiger partial charge in [-0.25, -0.2) is 23.0 Å². The molecular formula is C21H22N4O6S. The monoisotopic (exact) mass is 458 g/mol. The number of aryl methyl sites for hydroxylation is 1. The van der Waals surface area contributed by atoms with Crippen molar-refractivity contribution < 1.29 is 27.5 Å². The predicted molar refractivity (Wildman–Crippen MR) is 116 cm³/mol. The van der Waals surface area contributed by atoms with Crippen LogP contribution in [0.2, 0.25) is 0 Å². The highest BCUT2D eigenvalue weighted by atomic mass is 32.2. The molecule has 0 radical (unpaired) electrons. The van der Waals surface area contributed by atoms with Gasteiger partial charge in [0.05, 0.1) is 34.8 Å². The van der Waals surface area contributed by atoms with E-state index in [4.69, 9.17) is 14.6 Å². The third-order valence-electron chi connectivity index (χ3n) is 4.61. The molecule has 0 saturated carbocycles. The van der Waals surface area contributed by atoms with Gasteiger partial charge >= 0.3 is 5.97 Å². The fraction of sp³-hybridized carbons (Fsp3) is 0.190. The van der Waals surface area contributed by atoms with Gasteiger partial charge in [0.2, 0.25) is 10.0 Å². The highest BCUT2D eigenvalue weighted by Gasteiger charge is 2.20. The highest BCUT2D eigenvalue weighted by molar-refractivity contribution is 7.89. The Bertz CT molecular complexity index is 1270. The van der Waals surface area contributed by atoms with Gasteiger partial charge in [0.25, 0.3) is 5.91 Å². The van der Waals surface area contributed by atoms with Crippen molar-refractivity contribution in [2.45, 2.75) is 18.7 Å². The zero-order valence-corrected chi connectivity index (χ0v) is 18.5. The number of para-hydroxylation sites is 1. The average Bonchev–Trinajstić information content (AvgIpc) is 3.05. The number of anilines is 1. The second-order valence-corrected chi connectivity index (χ2v) is 8.39. The standard InChI is InChI=1S/C21H22N4O6S/c1-13-20(14(2)25(24-13)15-7-5-4-6-8-15)23-19(26)12-31-21(27)17-11-16(32(22,28)29)9-10-18(17)30-3/h4-11H,12H2,1-3H3,(H,23,26)(H2,22,28,29). The van der Waals surface area contributed by atoms with E-state index in [0.29, 0.717) is 17.1 Å². The number of nitrogens with zero attached hydrogens (tertiary/aromatic N) is 2. The zero-order valence-electron chi connectivity index (χ0n) is 17.7. The van der Waals surface area contributed by atoms with E-state index in [9.17, 15) is 18.0 Å². The summed E-state index contributed by atoms with van der Waals surface area (Å²) < 4.78 is 34.9. The molecule has 168 valence electrons. The Morgan fingerprint density at radius 2 is 1.81 bits per heavy atom. The maximum absolute atomic E-state index is 12.4. The van der Waals surface area contributed by atoms with Gasteiger partial charge in [-0.2, -0.15) is 5.10 Å². The van der Waals surface area contributed by atoms with E-state index in [-0.39, 0.29) is 16.2 Å². The molecular weight excluding hydrogens is 436 g/mol. The zero-order chi connectivity index (χ0) is 23.5. The number of primary sulfonamides is 1. The first-order valence-corrected chi connectivity index (χ1v) is 11.0. The molecule has 1 amide bonds. The molecule has 0 atom stereocenters. The predicted octanol–water partition coefficient (Wildman–Crippen LogP) is 1.94. The highest BCUT2D eigenvalue weighted by Crippen LogP contribution is 2.24. The number of ether oxygens (including phenoxy) is 2. The summed E-state index contributed by atoms with van der Waals surface area (Å²) in [6.45, 7) is 2.95. The van der Waals surface area contributed by atoms with E-state index >= 15 is 0 Å². The summed E-state index contributed by atoms with van der Waals surface area (Å²) in [5, 5.41) is 12.2. The van der Waals surface area contributed by atoms with Crippen LogP contribution in [0.25, 0.3) is 5.69 Å². The van der Waals surface area contributed by atoms with Crippen LogP contribution in [0, 0.1) is 13.8 Å². The lowest BCUT2D eigenvalue weighted by Gasteiger charge is -2.11. The number of rotatable bonds is 7. The number of carbonyl (C=O) groups is 2. The number of aromatic nitrogens is 2. The molecule has 0 aliphatic carbocycles. The molecule has 0 aliphatic heterocycles. The Labute approximate surface area is 185 Å². The van der Waals surface area contributed by atoms with Crippen LogP contribution in [0.3, 0.4) is 0 Å². The number of sulfonamides is 1. The summed E-state index contributed by atoms with van der Waals surface area (Å²) in [4.78, 5) is 24.6. The molecule has 1 heterocycles. The lowest BCUT2D eigenvalue weighted by molar-refractivity contribution is -0.119. The minimum absolute atomic E-state index is 0.0821. The lowest BCUT2D eigenvalue weighted by Crippen LogP contribution is -2.22. The smallest absolute Gasteiger partial charge is 0.342 e. The normalized spacial score (nSPS) is 11.1. The maximum atomic E-state index is 12.4. The van der Waals surface area contributed by atoms with E-state index < -0.39 is 28.5 Å². The number of hydrogen-bond acceptors (Lipinski definition) is 7. The summed E-state index contributed by atoms with van der Waals surface area (Å²) in [6, 6.07) is 12.9. The average molecular weight is 458 g/mol. The first-order valence-electron chi connectivity index (χ1n) is 9.41. The first-order chi connectivity index (χ1) is 15.1. The molecule has 0 saturated heterocycles. The molecule has 0 bridgehead atoms. The number of esters is 1. The van der Waals surface area contributed by atoms with Crippen molar-refractivity contribution in [3.63, 3.8) is 0 Å². The second-order valence-electron chi connectivity index (χ2n) is 6.82. The summed E-state index contributed by atoms with van der Waals surface area (Å²) in [7, 11) is -2.73. The fourth-order valence-electron chi connectivity index (χ4n) is 3.05. The molecule has 3 rings (SSSR count). The molecule has 2 aromatic carbocycles. The number of nitrogens with one attached hydrogen (secondary N) is 1. The first kappa shape index (κ1) is 23.0. The third kappa shape index (κ3) is 4.95. The van der Waals surface area contributed by atoms with Crippen LogP contribution in [0.15, 0.2) is 53.4 Å². The molecule has 10 nitrogen and oxygen atoms in total. The molecule has 3 aromatic rings. The van der Waals surface area contributed by atoms with Crippen LogP contribution in [0.1, 0.15) is 21.7 Å². The van der Waals surface area contributed by atoms with Crippen LogP contribution in [0.5, 0.6) is 5.75 Å². The van der Waals surface area contributed by atoms with E-state index in [1.54, 1.807) is 18.5 Å². The Morgan fingerprint density at radius 3 is 2.44 bits per heavy atom. The SMILES string of the molecule is COc1ccc(S(N)(=O)=O)cc1C(=O)OCC(=O)Nc1c(C)nn(-c2ccccc2)c1C. The summed E-state index contributed by atoms with van der Waals surface area (Å²) in [6.07, 6.45) is 0. The van der Waals surface area contributed by atoms with Crippen molar-refractivity contribution in [3.8, 4) is 11.4 Å². The number of amides is 1. The van der Waals surface area contributed by atoms with Crippen molar-refractivity contribution in [1.82, 2.24) is 9.78 Å². The topological polar surface area (TPSA) is 143 Å². The van der Waals surface area contributed by atoms with Crippen LogP contribution in [-0.2, 0) is 19.6 Å². The van der Waals surface area contributed by atoms with Gasteiger partial charge in [0, 0.05) is 0 Å². The number of carbonyl (C=O) groups excluding carboxylic acids is 2. The van der Waals surface area contributed by atoms with Crippen LogP contribution in [0.4, 0.5) is 5.69 Å². The van der Waals surface area contributed by atoms with E-state index in [1.165, 1.54) is 19.2 Å². The van der Waals surface area contributed by atoms with E-state index in [0.717, 1.165) is 11.8 Å². The van der Waals surface area contributed by atoms with E-state index in [1.807, 2.05) is 30.3 Å². The number of benzene rings is 2. The quantitative estimate of drug-likeness (QED) is 0.515. The van der Waals surface area contributed by atoms with Crippen molar-refractivity contribution in [1.29, 1.82) is 0 Å². The number of hydrogen-bond donors (Lipinski definition) is 2. The summed E-state index contributed by atoms with van der Waals surface area (Å²) in [5.74, 6) is -1.44. The Morgan fingerprint density at radius 1 is 1.12 bits per heavy atom. The van der Waals surface area contributed by atoms with Gasteiger partial charge in [-0.05, 0) is 44.2 Å². The van der Waals surface area contributed by atoms with Crippen LogP contribution >= 0.6 is 0 Å². The van der Waals surface area contributed by atoms with Gasteiger partial charge in [-0.15, -0.1) is 0 Å². The van der Waals surface area contributed by atoms with Crippen molar-refractivity contribution in [2.24, 2.45) is 5.14 Å². The minimum atomic E-state index is -4.04. The van der Waals surface area contributed by atoms with Crippen LogP contribution in [-0.4, -0.2) is 43.8 Å². The molecule has 0 aliphatic rings. The molecule has 1 aromatic heterocycles. The second kappa shape index (κ2) is 9.20. The van der Waals surface area contributed by atoms with Gasteiger partial charge < -0.3 is 14.8 Å². The van der Waals surface area contributed by atoms with Gasteiger partial charge in [-0.1, -0.05) is 18.2 Å². The molecule has 32 heavy (non-hydrogen) atoms. The summed E-state index contributed by atoms with van der Waals surface area (Å²) in [5.41, 5.74) is 2.46. The Balaban J connectivity index is 1.72. The lowest BCUT2D eigenvalue weighted by atomic mass is 10.2. The molecule has 3 N–H and O–H groups in total. The van der Waals surface area contributed by atoms with Gasteiger partial charge in [0.1, 0.15) is 11.3 Å². The number of methoxy groups -OCH3 is 1. The summed E-state index contributed by atoms with van der Waals surface area (Å²) >= 11 is 0. The molecule has 0 spiro atoms. The van der Waals surface area contributed by atoms with E-state index in [2.05, 4.69) is 10.4 Å². The van der Waals surface area contributed by atoms with Crippen molar-refractivity contribution >= 4 is 27.6 Å². The van der Waals surface area contributed by atoms with Crippen molar-refractivity contribution in [2.75, 3.05) is 19.0 Å². The van der Waals surface area contributed by atoms with Crippen molar-refractivity contribution in [3.05, 3.63) is 65.5 Å². The fourth-order valence-corrected chi connectivity index (χ4v) is 3.59. The van der Waals surface area contributed by atoms with Crippen LogP contribution < -0.4 is 15.2 Å². The maximum Gasteiger partial charge on any atom is 0.342 e. The Hall–Kier alpha value is -3.70.